The molecule has 1 amide bonds. The third kappa shape index (κ3) is 4.75. The molecule has 0 spiro atoms. The number of aromatic nitrogens is 3. The SMILES string of the molecule is O=C1C(=O)N(c2nnc(SCc3ccccc3Cl)s2)C(c2cccc(Cl)c2)C1=C(O)c1ccncc1. The lowest BCUT2D eigenvalue weighted by Gasteiger charge is -2.22. The highest BCUT2D eigenvalue weighted by molar-refractivity contribution is 8.00. The number of Topliss-reactive ketones (excluding diaryl/α,β-unsaturated/α-hetero) is 1. The summed E-state index contributed by atoms with van der Waals surface area (Å²) in [5.74, 6) is -1.38. The Morgan fingerprint density at radius 3 is 2.56 bits per heavy atom. The van der Waals surface area contributed by atoms with E-state index in [0.717, 1.165) is 5.56 Å². The zero-order chi connectivity index (χ0) is 25.2. The predicted octanol–water partition coefficient (Wildman–Crippen LogP) is 6.16. The van der Waals surface area contributed by atoms with Gasteiger partial charge in [-0.15, -0.1) is 10.2 Å². The number of benzene rings is 2. The molecular formula is C25H16Cl2N4O3S2. The average Bonchev–Trinajstić information content (AvgIpc) is 3.46. The molecule has 4 aromatic rings. The van der Waals surface area contributed by atoms with E-state index in [1.165, 1.54) is 40.4 Å². The van der Waals surface area contributed by atoms with Gasteiger partial charge >= 0.3 is 5.91 Å². The molecule has 5 rings (SSSR count). The van der Waals surface area contributed by atoms with Crippen LogP contribution in [0.2, 0.25) is 10.0 Å². The minimum atomic E-state index is -0.939. The van der Waals surface area contributed by atoms with E-state index in [1.807, 2.05) is 24.3 Å². The number of hydrogen-bond donors (Lipinski definition) is 1. The van der Waals surface area contributed by atoms with Gasteiger partial charge in [-0.25, -0.2) is 0 Å². The molecule has 36 heavy (non-hydrogen) atoms. The fourth-order valence-electron chi connectivity index (χ4n) is 3.80. The Kier molecular flexibility index (Phi) is 7.06. The number of anilines is 1. The average molecular weight is 555 g/mol. The number of halogens is 2. The van der Waals surface area contributed by atoms with Crippen LogP contribution in [-0.2, 0) is 15.3 Å². The highest BCUT2D eigenvalue weighted by Crippen LogP contribution is 2.44. The van der Waals surface area contributed by atoms with Crippen LogP contribution in [0.3, 0.4) is 0 Å². The molecule has 1 saturated heterocycles. The second-order valence-corrected chi connectivity index (χ2v) is 10.7. The quantitative estimate of drug-likeness (QED) is 0.100. The number of pyridine rings is 1. The number of carbonyl (C=O) groups is 2. The first kappa shape index (κ1) is 24.5. The lowest BCUT2D eigenvalue weighted by Crippen LogP contribution is -2.29. The van der Waals surface area contributed by atoms with Crippen LogP contribution >= 0.6 is 46.3 Å². The van der Waals surface area contributed by atoms with E-state index >= 15 is 0 Å². The van der Waals surface area contributed by atoms with Gasteiger partial charge in [-0.2, -0.15) is 0 Å². The molecular weight excluding hydrogens is 539 g/mol. The smallest absolute Gasteiger partial charge is 0.301 e. The fraction of sp³-hybridized carbons (Fsp3) is 0.0800. The molecule has 0 bridgehead atoms. The Balaban J connectivity index is 1.54. The van der Waals surface area contributed by atoms with Gasteiger partial charge in [-0.3, -0.25) is 19.5 Å². The largest absolute Gasteiger partial charge is 0.507 e. The third-order valence-electron chi connectivity index (χ3n) is 5.47. The number of ketones is 1. The van der Waals surface area contributed by atoms with Crippen LogP contribution in [-0.4, -0.2) is 32.0 Å². The van der Waals surface area contributed by atoms with Crippen LogP contribution in [0.4, 0.5) is 5.13 Å². The van der Waals surface area contributed by atoms with Crippen molar-refractivity contribution in [1.82, 2.24) is 15.2 Å². The third-order valence-corrected chi connectivity index (χ3v) is 8.18. The molecule has 0 radical (unpaired) electrons. The summed E-state index contributed by atoms with van der Waals surface area (Å²) in [5, 5.41) is 20.8. The lowest BCUT2D eigenvalue weighted by atomic mass is 9.96. The summed E-state index contributed by atoms with van der Waals surface area (Å²) < 4.78 is 0.603. The van der Waals surface area contributed by atoms with E-state index < -0.39 is 17.7 Å². The molecule has 2 aromatic carbocycles. The number of rotatable bonds is 6. The Bertz CT molecular complexity index is 1490. The molecule has 0 aliphatic carbocycles. The molecule has 7 nitrogen and oxygen atoms in total. The Morgan fingerprint density at radius 2 is 1.81 bits per heavy atom. The van der Waals surface area contributed by atoms with Crippen molar-refractivity contribution < 1.29 is 14.7 Å². The van der Waals surface area contributed by atoms with Crippen LogP contribution in [0.5, 0.6) is 0 Å². The predicted molar refractivity (Wildman–Crippen MR) is 141 cm³/mol. The van der Waals surface area contributed by atoms with Gasteiger partial charge < -0.3 is 5.11 Å². The second kappa shape index (κ2) is 10.4. The summed E-state index contributed by atoms with van der Waals surface area (Å²) in [6, 6.07) is 16.5. The molecule has 1 aliphatic rings. The fourth-order valence-corrected chi connectivity index (χ4v) is 6.15. The molecule has 1 fully saturated rings. The van der Waals surface area contributed by atoms with Gasteiger partial charge in [0.1, 0.15) is 5.76 Å². The number of nitrogens with zero attached hydrogens (tertiary/aromatic N) is 4. The van der Waals surface area contributed by atoms with E-state index in [2.05, 4.69) is 15.2 Å². The summed E-state index contributed by atoms with van der Waals surface area (Å²) in [6.45, 7) is 0. The number of carbonyl (C=O) groups excluding carboxylic acids is 2. The molecule has 3 heterocycles. The van der Waals surface area contributed by atoms with Crippen LogP contribution in [0.15, 0.2) is 83.0 Å². The molecule has 1 N–H and O–H groups in total. The molecule has 180 valence electrons. The first-order valence-electron chi connectivity index (χ1n) is 10.6. The Labute approximate surface area is 224 Å². The Hall–Kier alpha value is -3.24. The van der Waals surface area contributed by atoms with E-state index in [4.69, 9.17) is 23.2 Å². The van der Waals surface area contributed by atoms with Gasteiger partial charge in [0.15, 0.2) is 4.34 Å². The van der Waals surface area contributed by atoms with Gasteiger partial charge in [0.2, 0.25) is 5.13 Å². The zero-order valence-electron chi connectivity index (χ0n) is 18.3. The van der Waals surface area contributed by atoms with E-state index in [9.17, 15) is 14.7 Å². The van der Waals surface area contributed by atoms with Gasteiger partial charge in [-0.1, -0.05) is 76.6 Å². The van der Waals surface area contributed by atoms with Crippen LogP contribution in [0.25, 0.3) is 5.76 Å². The van der Waals surface area contributed by atoms with Crippen molar-refractivity contribution in [2.24, 2.45) is 0 Å². The summed E-state index contributed by atoms with van der Waals surface area (Å²) >= 11 is 15.1. The van der Waals surface area contributed by atoms with Crippen molar-refractivity contribution in [2.45, 2.75) is 16.1 Å². The van der Waals surface area contributed by atoms with Crippen molar-refractivity contribution in [1.29, 1.82) is 0 Å². The molecule has 2 aromatic heterocycles. The maximum atomic E-state index is 13.3. The zero-order valence-corrected chi connectivity index (χ0v) is 21.5. The highest BCUT2D eigenvalue weighted by atomic mass is 35.5. The number of amides is 1. The number of aliphatic hydroxyl groups excluding tert-OH is 1. The normalized spacial score (nSPS) is 17.1. The van der Waals surface area contributed by atoms with Crippen molar-refractivity contribution in [3.8, 4) is 0 Å². The highest BCUT2D eigenvalue weighted by Gasteiger charge is 2.48. The van der Waals surface area contributed by atoms with Crippen molar-refractivity contribution in [2.75, 3.05) is 4.90 Å². The number of aliphatic hydroxyl groups is 1. The van der Waals surface area contributed by atoms with E-state index in [0.29, 0.717) is 31.3 Å². The number of hydrogen-bond acceptors (Lipinski definition) is 8. The van der Waals surface area contributed by atoms with Crippen molar-refractivity contribution >= 4 is 68.9 Å². The van der Waals surface area contributed by atoms with E-state index in [-0.39, 0.29) is 16.5 Å². The van der Waals surface area contributed by atoms with Gasteiger partial charge in [0, 0.05) is 33.8 Å². The van der Waals surface area contributed by atoms with Crippen LogP contribution in [0, 0.1) is 0 Å². The summed E-state index contributed by atoms with van der Waals surface area (Å²) in [7, 11) is 0. The molecule has 1 aliphatic heterocycles. The minimum absolute atomic E-state index is 0.0612. The van der Waals surface area contributed by atoms with Crippen molar-refractivity contribution in [3.05, 3.63) is 105 Å². The van der Waals surface area contributed by atoms with Crippen LogP contribution in [0.1, 0.15) is 22.7 Å². The standard InChI is InChI=1S/C25H16Cl2N4O3S2/c26-17-6-3-5-15(12-17)20-19(21(32)14-8-10-28-11-9-14)22(33)23(34)31(20)24-29-30-25(36-24)35-13-16-4-1-2-7-18(16)27/h1-12,20,32H,13H2. The van der Waals surface area contributed by atoms with Crippen LogP contribution < -0.4 is 4.90 Å². The van der Waals surface area contributed by atoms with Gasteiger partial charge in [-0.05, 0) is 41.5 Å². The van der Waals surface area contributed by atoms with Gasteiger partial charge in [0.05, 0.1) is 11.6 Å². The van der Waals surface area contributed by atoms with E-state index in [1.54, 1.807) is 36.4 Å². The summed E-state index contributed by atoms with van der Waals surface area (Å²) in [4.78, 5) is 31.7. The number of thioether (sulfide) groups is 1. The molecule has 1 atom stereocenters. The summed E-state index contributed by atoms with van der Waals surface area (Å²) in [6.07, 6.45) is 2.99. The maximum absolute atomic E-state index is 13.3. The molecule has 0 saturated carbocycles. The monoisotopic (exact) mass is 554 g/mol. The first-order chi connectivity index (χ1) is 17.4. The van der Waals surface area contributed by atoms with Gasteiger partial charge in [0.25, 0.3) is 5.78 Å². The Morgan fingerprint density at radius 1 is 1.03 bits per heavy atom. The first-order valence-corrected chi connectivity index (χ1v) is 13.2. The van der Waals surface area contributed by atoms with Crippen molar-refractivity contribution in [3.63, 3.8) is 0 Å². The molecule has 1 unspecified atom stereocenters. The lowest BCUT2D eigenvalue weighted by molar-refractivity contribution is -0.132. The maximum Gasteiger partial charge on any atom is 0.301 e. The topological polar surface area (TPSA) is 96.3 Å². The minimum Gasteiger partial charge on any atom is -0.507 e. The second-order valence-electron chi connectivity index (χ2n) is 7.69. The summed E-state index contributed by atoms with van der Waals surface area (Å²) in [5.41, 5.74) is 1.80. The molecule has 11 heteroatoms.